The third-order valence-electron chi connectivity index (χ3n) is 2.64. The number of rotatable bonds is 6. The van der Waals surface area contributed by atoms with Gasteiger partial charge in [0.15, 0.2) is 0 Å². The van der Waals surface area contributed by atoms with Crippen LogP contribution in [0, 0.1) is 6.92 Å². The van der Waals surface area contributed by atoms with E-state index in [2.05, 4.69) is 23.9 Å². The Kier molecular flexibility index (Phi) is 5.83. The Morgan fingerprint density at radius 1 is 1.44 bits per heavy atom. The van der Waals surface area contributed by atoms with Gasteiger partial charge in [-0.1, -0.05) is 30.6 Å². The summed E-state index contributed by atoms with van der Waals surface area (Å²) in [4.78, 5) is 2.70. The van der Waals surface area contributed by atoms with Gasteiger partial charge < -0.3 is 4.74 Å². The van der Waals surface area contributed by atoms with Crippen molar-refractivity contribution in [2.24, 2.45) is 5.11 Å². The van der Waals surface area contributed by atoms with Crippen molar-refractivity contribution in [1.82, 2.24) is 0 Å². The summed E-state index contributed by atoms with van der Waals surface area (Å²) < 4.78 is 5.69. The van der Waals surface area contributed by atoms with Gasteiger partial charge in [-0.25, -0.2) is 0 Å². The van der Waals surface area contributed by atoms with Crippen molar-refractivity contribution < 1.29 is 4.74 Å². The van der Waals surface area contributed by atoms with Gasteiger partial charge in [-0.3, -0.25) is 0 Å². The predicted octanol–water partition coefficient (Wildman–Crippen LogP) is 4.85. The molecule has 0 saturated carbocycles. The van der Waals surface area contributed by atoms with E-state index in [1.54, 1.807) is 0 Å². The Bertz CT molecular complexity index is 454. The van der Waals surface area contributed by atoms with Crippen molar-refractivity contribution in [1.29, 1.82) is 0 Å². The SMILES string of the molecule is Cc1cc(Cl)c(C(C)C)cc1OCCCN=[N+]=[N-]. The van der Waals surface area contributed by atoms with Crippen LogP contribution < -0.4 is 4.74 Å². The van der Waals surface area contributed by atoms with Crippen LogP contribution in [-0.4, -0.2) is 13.2 Å². The number of benzene rings is 1. The van der Waals surface area contributed by atoms with Gasteiger partial charge in [-0.05, 0) is 48.1 Å². The molecule has 1 aromatic rings. The lowest BCUT2D eigenvalue weighted by Gasteiger charge is -2.14. The third-order valence-corrected chi connectivity index (χ3v) is 2.97. The Morgan fingerprint density at radius 2 is 2.17 bits per heavy atom. The summed E-state index contributed by atoms with van der Waals surface area (Å²) in [5, 5.41) is 4.25. The fourth-order valence-corrected chi connectivity index (χ4v) is 2.07. The molecule has 0 radical (unpaired) electrons. The van der Waals surface area contributed by atoms with Crippen molar-refractivity contribution in [2.45, 2.75) is 33.1 Å². The predicted molar refractivity (Wildman–Crippen MR) is 74.4 cm³/mol. The number of nitrogens with zero attached hydrogens (tertiary/aromatic N) is 3. The van der Waals surface area contributed by atoms with Crippen LogP contribution in [-0.2, 0) is 0 Å². The molecule has 5 heteroatoms. The van der Waals surface area contributed by atoms with E-state index >= 15 is 0 Å². The van der Waals surface area contributed by atoms with Crippen LogP contribution in [0.15, 0.2) is 17.2 Å². The highest BCUT2D eigenvalue weighted by atomic mass is 35.5. The number of azide groups is 1. The van der Waals surface area contributed by atoms with Gasteiger partial charge in [0.25, 0.3) is 0 Å². The summed E-state index contributed by atoms with van der Waals surface area (Å²) in [6, 6.07) is 3.93. The summed E-state index contributed by atoms with van der Waals surface area (Å²) in [5.41, 5.74) is 10.3. The normalized spacial score (nSPS) is 10.3. The quantitative estimate of drug-likeness (QED) is 0.314. The molecule has 0 spiro atoms. The van der Waals surface area contributed by atoms with Crippen molar-refractivity contribution in [3.8, 4) is 5.75 Å². The highest BCUT2D eigenvalue weighted by Gasteiger charge is 2.09. The summed E-state index contributed by atoms with van der Waals surface area (Å²) in [6.07, 6.45) is 0.711. The zero-order chi connectivity index (χ0) is 13.5. The molecule has 0 aliphatic heterocycles. The zero-order valence-electron chi connectivity index (χ0n) is 11.0. The molecule has 18 heavy (non-hydrogen) atoms. The molecule has 0 N–H and O–H groups in total. The van der Waals surface area contributed by atoms with E-state index < -0.39 is 0 Å². The van der Waals surface area contributed by atoms with Crippen LogP contribution in [0.1, 0.15) is 37.3 Å². The lowest BCUT2D eigenvalue weighted by molar-refractivity contribution is 0.311. The maximum atomic E-state index is 8.16. The molecule has 0 saturated heterocycles. The topological polar surface area (TPSA) is 58.0 Å². The van der Waals surface area contributed by atoms with Gasteiger partial charge in [-0.2, -0.15) is 0 Å². The maximum absolute atomic E-state index is 8.16. The molecule has 1 aromatic carbocycles. The minimum atomic E-state index is 0.364. The molecule has 4 nitrogen and oxygen atoms in total. The van der Waals surface area contributed by atoms with Gasteiger partial charge in [0.05, 0.1) is 6.61 Å². The van der Waals surface area contributed by atoms with E-state index in [0.717, 1.165) is 21.9 Å². The van der Waals surface area contributed by atoms with Crippen molar-refractivity contribution in [3.05, 3.63) is 38.7 Å². The number of hydrogen-bond acceptors (Lipinski definition) is 2. The largest absolute Gasteiger partial charge is 0.493 e. The lowest BCUT2D eigenvalue weighted by Crippen LogP contribution is -2.02. The van der Waals surface area contributed by atoms with Gasteiger partial charge in [0, 0.05) is 16.5 Å². The summed E-state index contributed by atoms with van der Waals surface area (Å²) in [5.74, 6) is 1.22. The van der Waals surface area contributed by atoms with Gasteiger partial charge in [0.2, 0.25) is 0 Å². The molecule has 0 heterocycles. The summed E-state index contributed by atoms with van der Waals surface area (Å²) in [7, 11) is 0. The molecule has 0 unspecified atom stereocenters. The molecule has 0 aromatic heterocycles. The first-order valence-corrected chi connectivity index (χ1v) is 6.37. The number of ether oxygens (including phenoxy) is 1. The van der Waals surface area contributed by atoms with Crippen LogP contribution >= 0.6 is 11.6 Å². The summed E-state index contributed by atoms with van der Waals surface area (Å²) >= 11 is 6.19. The first-order valence-electron chi connectivity index (χ1n) is 6.00. The molecule has 0 amide bonds. The second-order valence-corrected chi connectivity index (χ2v) is 4.86. The van der Waals surface area contributed by atoms with Crippen LogP contribution in [0.25, 0.3) is 10.4 Å². The van der Waals surface area contributed by atoms with Crippen LogP contribution in [0.4, 0.5) is 0 Å². The molecular formula is C13H18ClN3O. The molecule has 0 atom stereocenters. The standard InChI is InChI=1S/C13H18ClN3O/c1-9(2)11-8-13(10(3)7-12(11)14)18-6-4-5-16-17-15/h7-9H,4-6H2,1-3H3. The Morgan fingerprint density at radius 3 is 2.78 bits per heavy atom. The average Bonchev–Trinajstić information content (AvgIpc) is 2.30. The Hall–Kier alpha value is -1.38. The minimum Gasteiger partial charge on any atom is -0.493 e. The number of halogens is 1. The smallest absolute Gasteiger partial charge is 0.122 e. The van der Waals surface area contributed by atoms with Gasteiger partial charge in [-0.15, -0.1) is 0 Å². The van der Waals surface area contributed by atoms with Crippen molar-refractivity contribution >= 4 is 11.6 Å². The van der Waals surface area contributed by atoms with Crippen molar-refractivity contribution in [2.75, 3.05) is 13.2 Å². The maximum Gasteiger partial charge on any atom is 0.122 e. The van der Waals surface area contributed by atoms with Crippen molar-refractivity contribution in [3.63, 3.8) is 0 Å². The number of hydrogen-bond donors (Lipinski definition) is 0. The Labute approximate surface area is 113 Å². The monoisotopic (exact) mass is 267 g/mol. The highest BCUT2D eigenvalue weighted by molar-refractivity contribution is 6.31. The lowest BCUT2D eigenvalue weighted by atomic mass is 10.0. The fraction of sp³-hybridized carbons (Fsp3) is 0.538. The van der Waals surface area contributed by atoms with E-state index in [9.17, 15) is 0 Å². The van der Waals surface area contributed by atoms with Crippen LogP contribution in [0.5, 0.6) is 5.75 Å². The van der Waals surface area contributed by atoms with E-state index in [1.807, 2.05) is 19.1 Å². The van der Waals surface area contributed by atoms with Crippen LogP contribution in [0.3, 0.4) is 0 Å². The first-order chi connectivity index (χ1) is 8.56. The molecule has 0 aliphatic rings. The first kappa shape index (κ1) is 14.7. The highest BCUT2D eigenvalue weighted by Crippen LogP contribution is 2.31. The second-order valence-electron chi connectivity index (χ2n) is 4.45. The van der Waals surface area contributed by atoms with E-state index in [-0.39, 0.29) is 0 Å². The molecule has 0 aliphatic carbocycles. The molecule has 1 rings (SSSR count). The molecule has 0 fully saturated rings. The van der Waals surface area contributed by atoms with Gasteiger partial charge >= 0.3 is 0 Å². The number of aryl methyl sites for hydroxylation is 1. The van der Waals surface area contributed by atoms with E-state index in [1.165, 1.54) is 0 Å². The van der Waals surface area contributed by atoms with E-state index in [0.29, 0.717) is 25.5 Å². The molecule has 98 valence electrons. The molecular weight excluding hydrogens is 250 g/mol. The third kappa shape index (κ3) is 4.13. The Balaban J connectivity index is 2.70. The van der Waals surface area contributed by atoms with E-state index in [4.69, 9.17) is 21.9 Å². The second kappa shape index (κ2) is 7.14. The fourth-order valence-electron chi connectivity index (χ4n) is 1.63. The zero-order valence-corrected chi connectivity index (χ0v) is 11.7. The van der Waals surface area contributed by atoms with Crippen LogP contribution in [0.2, 0.25) is 5.02 Å². The summed E-state index contributed by atoms with van der Waals surface area (Å²) in [6.45, 7) is 7.17. The van der Waals surface area contributed by atoms with Gasteiger partial charge in [0.1, 0.15) is 5.75 Å². The molecule has 0 bridgehead atoms. The minimum absolute atomic E-state index is 0.364. The average molecular weight is 268 g/mol.